The minimum atomic E-state index is 0.700. The molecule has 0 unspecified atom stereocenters. The molecule has 0 spiro atoms. The fraction of sp³-hybridized carbons (Fsp3) is 0. The monoisotopic (exact) mass is 287 g/mol. The molecule has 2 heterocycles. The third-order valence-electron chi connectivity index (χ3n) is 3.39. The van der Waals surface area contributed by atoms with Crippen molar-refractivity contribution in [1.82, 2.24) is 15.0 Å². The summed E-state index contributed by atoms with van der Waals surface area (Å²) in [6.45, 7) is 0. The van der Waals surface area contributed by atoms with Crippen molar-refractivity contribution in [2.75, 3.05) is 0 Å². The first-order valence-electron chi connectivity index (χ1n) is 7.02. The van der Waals surface area contributed by atoms with E-state index in [1.165, 1.54) is 0 Å². The summed E-state index contributed by atoms with van der Waals surface area (Å²) >= 11 is 0. The predicted molar refractivity (Wildman–Crippen MR) is 85.8 cm³/mol. The van der Waals surface area contributed by atoms with Gasteiger partial charge in [-0.05, 0) is 36.4 Å². The van der Waals surface area contributed by atoms with Crippen molar-refractivity contribution in [1.29, 1.82) is 0 Å². The number of pyridine rings is 1. The van der Waals surface area contributed by atoms with Crippen LogP contribution in [0.5, 0.6) is 11.5 Å². The van der Waals surface area contributed by atoms with Crippen molar-refractivity contribution in [3.8, 4) is 22.9 Å². The lowest BCUT2D eigenvalue weighted by atomic mass is 10.2. The Morgan fingerprint density at radius 2 is 1.73 bits per heavy atom. The van der Waals surface area contributed by atoms with Crippen molar-refractivity contribution in [2.45, 2.75) is 0 Å². The number of para-hydroxylation sites is 3. The molecule has 2 aromatic carbocycles. The third-order valence-corrected chi connectivity index (χ3v) is 3.39. The first-order valence-corrected chi connectivity index (χ1v) is 7.02. The Morgan fingerprint density at radius 3 is 2.59 bits per heavy atom. The summed E-state index contributed by atoms with van der Waals surface area (Å²) in [6.07, 6.45) is 3.41. The van der Waals surface area contributed by atoms with Crippen molar-refractivity contribution in [3.05, 3.63) is 73.1 Å². The number of H-pyrrole nitrogens is 1. The summed E-state index contributed by atoms with van der Waals surface area (Å²) in [5.74, 6) is 2.24. The van der Waals surface area contributed by atoms with Gasteiger partial charge in [-0.2, -0.15) is 0 Å². The van der Waals surface area contributed by atoms with Crippen LogP contribution in [0.3, 0.4) is 0 Å². The third kappa shape index (κ3) is 2.31. The summed E-state index contributed by atoms with van der Waals surface area (Å²) in [5.41, 5.74) is 2.87. The predicted octanol–water partition coefficient (Wildman–Crippen LogP) is 4.42. The van der Waals surface area contributed by atoms with Crippen LogP contribution in [0.15, 0.2) is 73.1 Å². The molecular formula is C18H13N3O. The van der Waals surface area contributed by atoms with Gasteiger partial charge < -0.3 is 9.72 Å². The molecule has 0 radical (unpaired) electrons. The molecule has 4 rings (SSSR count). The average molecular weight is 287 g/mol. The topological polar surface area (TPSA) is 50.8 Å². The number of rotatable bonds is 3. The Kier molecular flexibility index (Phi) is 3.05. The number of ether oxygens (including phenoxy) is 1. The Hall–Kier alpha value is -3.14. The molecule has 1 N–H and O–H groups in total. The SMILES string of the molecule is c1cncc(Oc2ccccc2-c2nc3ccccc3[nH]2)c1. The molecule has 4 heteroatoms. The number of hydrogen-bond acceptors (Lipinski definition) is 3. The average Bonchev–Trinajstić information content (AvgIpc) is 3.00. The van der Waals surface area contributed by atoms with E-state index in [0.717, 1.165) is 28.2 Å². The van der Waals surface area contributed by atoms with Crippen LogP contribution in [0, 0.1) is 0 Å². The molecule has 4 aromatic rings. The lowest BCUT2D eigenvalue weighted by Gasteiger charge is -2.08. The largest absolute Gasteiger partial charge is 0.455 e. The lowest BCUT2D eigenvalue weighted by Crippen LogP contribution is -1.89. The van der Waals surface area contributed by atoms with Crippen LogP contribution in [0.25, 0.3) is 22.4 Å². The fourth-order valence-corrected chi connectivity index (χ4v) is 2.37. The van der Waals surface area contributed by atoms with E-state index in [1.54, 1.807) is 12.4 Å². The standard InChI is InChI=1S/C18H13N3O/c1-4-10-17(22-13-6-5-11-19-12-13)14(7-1)18-20-15-8-2-3-9-16(15)21-18/h1-12H,(H,20,21). The molecule has 0 saturated carbocycles. The van der Waals surface area contributed by atoms with Crippen molar-refractivity contribution in [3.63, 3.8) is 0 Å². The van der Waals surface area contributed by atoms with E-state index < -0.39 is 0 Å². The van der Waals surface area contributed by atoms with E-state index in [2.05, 4.69) is 15.0 Å². The maximum absolute atomic E-state index is 5.94. The smallest absolute Gasteiger partial charge is 0.145 e. The summed E-state index contributed by atoms with van der Waals surface area (Å²) in [5, 5.41) is 0. The molecule has 0 atom stereocenters. The van der Waals surface area contributed by atoms with Crippen LogP contribution in [-0.4, -0.2) is 15.0 Å². The molecule has 0 fully saturated rings. The van der Waals surface area contributed by atoms with E-state index >= 15 is 0 Å². The maximum atomic E-state index is 5.94. The van der Waals surface area contributed by atoms with Gasteiger partial charge in [0.05, 0.1) is 22.8 Å². The second kappa shape index (κ2) is 5.33. The van der Waals surface area contributed by atoms with E-state index in [4.69, 9.17) is 4.74 Å². The molecule has 4 nitrogen and oxygen atoms in total. The molecule has 0 aliphatic rings. The zero-order valence-corrected chi connectivity index (χ0v) is 11.7. The second-order valence-electron chi connectivity index (χ2n) is 4.89. The van der Waals surface area contributed by atoms with E-state index in [-0.39, 0.29) is 0 Å². The molecule has 0 saturated heterocycles. The van der Waals surface area contributed by atoms with Crippen molar-refractivity contribution < 1.29 is 4.74 Å². The zero-order chi connectivity index (χ0) is 14.8. The molecule has 106 valence electrons. The van der Waals surface area contributed by atoms with Gasteiger partial charge in [0.25, 0.3) is 0 Å². The van der Waals surface area contributed by atoms with Gasteiger partial charge in [0, 0.05) is 6.20 Å². The maximum Gasteiger partial charge on any atom is 0.145 e. The van der Waals surface area contributed by atoms with Crippen LogP contribution in [0.1, 0.15) is 0 Å². The molecule has 0 aliphatic heterocycles. The first-order chi connectivity index (χ1) is 10.9. The zero-order valence-electron chi connectivity index (χ0n) is 11.7. The summed E-state index contributed by atoms with van der Waals surface area (Å²) in [7, 11) is 0. The lowest BCUT2D eigenvalue weighted by molar-refractivity contribution is 0.482. The molecule has 0 amide bonds. The highest BCUT2D eigenvalue weighted by molar-refractivity contribution is 5.80. The van der Waals surface area contributed by atoms with Gasteiger partial charge in [-0.1, -0.05) is 24.3 Å². The number of fused-ring (bicyclic) bond motifs is 1. The molecule has 22 heavy (non-hydrogen) atoms. The summed E-state index contributed by atoms with van der Waals surface area (Å²) < 4.78 is 5.94. The number of nitrogens with zero attached hydrogens (tertiary/aromatic N) is 2. The summed E-state index contributed by atoms with van der Waals surface area (Å²) in [6, 6.07) is 19.5. The quantitative estimate of drug-likeness (QED) is 0.607. The van der Waals surface area contributed by atoms with Crippen LogP contribution < -0.4 is 4.74 Å². The number of hydrogen-bond donors (Lipinski definition) is 1. The molecule has 2 aromatic heterocycles. The van der Waals surface area contributed by atoms with Crippen LogP contribution in [0.2, 0.25) is 0 Å². The second-order valence-corrected chi connectivity index (χ2v) is 4.89. The van der Waals surface area contributed by atoms with Gasteiger partial charge in [-0.3, -0.25) is 4.98 Å². The number of imidazole rings is 1. The Labute approximate surface area is 127 Å². The number of aromatic nitrogens is 3. The number of nitrogens with one attached hydrogen (secondary N) is 1. The van der Waals surface area contributed by atoms with E-state index in [1.807, 2.05) is 60.7 Å². The van der Waals surface area contributed by atoms with Crippen molar-refractivity contribution >= 4 is 11.0 Å². The van der Waals surface area contributed by atoms with Crippen LogP contribution in [-0.2, 0) is 0 Å². The number of benzene rings is 2. The Balaban J connectivity index is 1.78. The van der Waals surface area contributed by atoms with Gasteiger partial charge in [-0.25, -0.2) is 4.98 Å². The summed E-state index contributed by atoms with van der Waals surface area (Å²) in [4.78, 5) is 12.0. The van der Waals surface area contributed by atoms with Gasteiger partial charge in [0.15, 0.2) is 0 Å². The highest BCUT2D eigenvalue weighted by Crippen LogP contribution is 2.32. The van der Waals surface area contributed by atoms with Gasteiger partial charge >= 0.3 is 0 Å². The molecular weight excluding hydrogens is 274 g/mol. The highest BCUT2D eigenvalue weighted by Gasteiger charge is 2.11. The van der Waals surface area contributed by atoms with E-state index in [9.17, 15) is 0 Å². The van der Waals surface area contributed by atoms with E-state index in [0.29, 0.717) is 5.75 Å². The van der Waals surface area contributed by atoms with Gasteiger partial charge in [0.2, 0.25) is 0 Å². The van der Waals surface area contributed by atoms with Crippen LogP contribution in [0.4, 0.5) is 0 Å². The minimum absolute atomic E-state index is 0.700. The normalized spacial score (nSPS) is 10.7. The molecule has 0 aliphatic carbocycles. The number of aromatic amines is 1. The van der Waals surface area contributed by atoms with Crippen molar-refractivity contribution in [2.24, 2.45) is 0 Å². The molecule has 0 bridgehead atoms. The fourth-order valence-electron chi connectivity index (χ4n) is 2.37. The van der Waals surface area contributed by atoms with Gasteiger partial charge in [-0.15, -0.1) is 0 Å². The minimum Gasteiger partial charge on any atom is -0.455 e. The first kappa shape index (κ1) is 12.6. The Bertz CT molecular complexity index is 883. The Morgan fingerprint density at radius 1 is 0.864 bits per heavy atom. The van der Waals surface area contributed by atoms with Crippen LogP contribution >= 0.6 is 0 Å². The highest BCUT2D eigenvalue weighted by atomic mass is 16.5. The van der Waals surface area contributed by atoms with Gasteiger partial charge in [0.1, 0.15) is 17.3 Å².